The molecule has 0 unspecified atom stereocenters. The van der Waals surface area contributed by atoms with Gasteiger partial charge in [-0.1, -0.05) is 37.3 Å². The summed E-state index contributed by atoms with van der Waals surface area (Å²) < 4.78 is 0. The van der Waals surface area contributed by atoms with Gasteiger partial charge in [0, 0.05) is 6.04 Å². The van der Waals surface area contributed by atoms with Crippen molar-refractivity contribution in [2.24, 2.45) is 0 Å². The van der Waals surface area contributed by atoms with Crippen LogP contribution in [0.3, 0.4) is 0 Å². The van der Waals surface area contributed by atoms with Crippen LogP contribution in [0.2, 0.25) is 0 Å². The van der Waals surface area contributed by atoms with E-state index in [1.54, 1.807) is 0 Å². The Balaban J connectivity index is 2.23. The molecule has 0 radical (unpaired) electrons. The predicted molar refractivity (Wildman–Crippen MR) is 70.1 cm³/mol. The minimum Gasteiger partial charge on any atom is -0.332 e. The number of carbonyl (C=O) groups excluding carboxylic acids is 1. The quantitative estimate of drug-likeness (QED) is 0.735. The number of carbonyl (C=O) groups is 1. The van der Waals surface area contributed by atoms with Crippen molar-refractivity contribution in [3.63, 3.8) is 0 Å². The second-order valence-corrected chi connectivity index (χ2v) is 4.77. The molecule has 3 heteroatoms. The second-order valence-electron chi connectivity index (χ2n) is 4.50. The average molecular weight is 252 g/mol. The third-order valence-corrected chi connectivity index (χ3v) is 3.48. The first kappa shape index (κ1) is 12.4. The first-order chi connectivity index (χ1) is 8.27. The third kappa shape index (κ3) is 2.81. The van der Waals surface area contributed by atoms with Gasteiger partial charge < -0.3 is 4.90 Å². The normalized spacial score (nSPS) is 16.6. The van der Waals surface area contributed by atoms with Crippen molar-refractivity contribution in [1.82, 2.24) is 4.90 Å². The molecule has 1 aliphatic carbocycles. The van der Waals surface area contributed by atoms with Crippen LogP contribution < -0.4 is 0 Å². The number of halogens is 1. The molecule has 1 saturated carbocycles. The zero-order valence-corrected chi connectivity index (χ0v) is 10.9. The smallest absolute Gasteiger partial charge is 0.238 e. The van der Waals surface area contributed by atoms with Gasteiger partial charge >= 0.3 is 0 Å². The number of nitrogens with zero attached hydrogens (tertiary/aromatic N) is 1. The summed E-state index contributed by atoms with van der Waals surface area (Å²) in [5.74, 6) is 0.143. The summed E-state index contributed by atoms with van der Waals surface area (Å²) in [5, 5.41) is 0. The van der Waals surface area contributed by atoms with Gasteiger partial charge in [-0.15, -0.1) is 11.6 Å². The van der Waals surface area contributed by atoms with E-state index in [0.717, 1.165) is 19.3 Å². The molecule has 1 aromatic rings. The minimum absolute atomic E-state index is 0.0601. The summed E-state index contributed by atoms with van der Waals surface area (Å²) in [6.07, 6.45) is 3.17. The molecule has 0 heterocycles. The Morgan fingerprint density at radius 2 is 2.06 bits per heavy atom. The monoisotopic (exact) mass is 251 g/mol. The first-order valence-electron chi connectivity index (χ1n) is 6.20. The molecule has 1 amide bonds. The second kappa shape index (κ2) is 5.54. The Morgan fingerprint density at radius 1 is 1.41 bits per heavy atom. The number of hydrogen-bond donors (Lipinski definition) is 0. The van der Waals surface area contributed by atoms with Crippen LogP contribution in [-0.2, 0) is 4.79 Å². The van der Waals surface area contributed by atoms with E-state index in [1.165, 1.54) is 5.56 Å². The average Bonchev–Trinajstić information content (AvgIpc) is 3.20. The van der Waals surface area contributed by atoms with E-state index < -0.39 is 0 Å². The van der Waals surface area contributed by atoms with Gasteiger partial charge in [0.1, 0.15) is 5.88 Å². The largest absolute Gasteiger partial charge is 0.332 e. The van der Waals surface area contributed by atoms with Crippen LogP contribution in [0.4, 0.5) is 0 Å². The zero-order chi connectivity index (χ0) is 12.3. The van der Waals surface area contributed by atoms with Crippen molar-refractivity contribution >= 4 is 17.5 Å². The molecule has 0 saturated heterocycles. The molecule has 1 aromatic carbocycles. The maximum Gasteiger partial charge on any atom is 0.238 e. The van der Waals surface area contributed by atoms with Crippen LogP contribution >= 0.6 is 11.6 Å². The van der Waals surface area contributed by atoms with Crippen molar-refractivity contribution < 1.29 is 4.79 Å². The summed E-state index contributed by atoms with van der Waals surface area (Å²) in [7, 11) is 0. The van der Waals surface area contributed by atoms with Crippen LogP contribution in [0.1, 0.15) is 37.8 Å². The van der Waals surface area contributed by atoms with E-state index in [1.807, 2.05) is 23.1 Å². The van der Waals surface area contributed by atoms with Crippen LogP contribution in [-0.4, -0.2) is 22.7 Å². The van der Waals surface area contributed by atoms with Gasteiger partial charge in [0.2, 0.25) is 5.91 Å². The van der Waals surface area contributed by atoms with E-state index >= 15 is 0 Å². The lowest BCUT2D eigenvalue weighted by atomic mass is 10.0. The number of rotatable bonds is 5. The van der Waals surface area contributed by atoms with Gasteiger partial charge in [-0.2, -0.15) is 0 Å². The van der Waals surface area contributed by atoms with Crippen LogP contribution in [0.25, 0.3) is 0 Å². The van der Waals surface area contributed by atoms with E-state index in [4.69, 9.17) is 11.6 Å². The summed E-state index contributed by atoms with van der Waals surface area (Å²) >= 11 is 5.72. The highest BCUT2D eigenvalue weighted by Gasteiger charge is 2.36. The Hall–Kier alpha value is -1.02. The molecular weight excluding hydrogens is 234 g/mol. The summed E-state index contributed by atoms with van der Waals surface area (Å²) in [6, 6.07) is 10.8. The van der Waals surface area contributed by atoms with E-state index in [0.29, 0.717) is 6.04 Å². The SMILES string of the molecule is CC[C@H](c1ccccc1)N(C(=O)CCl)C1CC1. The Kier molecular flexibility index (Phi) is 4.06. The van der Waals surface area contributed by atoms with Crippen LogP contribution in [0.5, 0.6) is 0 Å². The zero-order valence-electron chi connectivity index (χ0n) is 10.1. The van der Waals surface area contributed by atoms with Crippen molar-refractivity contribution in [3.8, 4) is 0 Å². The first-order valence-corrected chi connectivity index (χ1v) is 6.73. The van der Waals surface area contributed by atoms with Gasteiger partial charge in [-0.25, -0.2) is 0 Å². The van der Waals surface area contributed by atoms with E-state index in [9.17, 15) is 4.79 Å². The van der Waals surface area contributed by atoms with E-state index in [-0.39, 0.29) is 17.8 Å². The molecule has 2 nitrogen and oxygen atoms in total. The van der Waals surface area contributed by atoms with Crippen molar-refractivity contribution in [3.05, 3.63) is 35.9 Å². The highest BCUT2D eigenvalue weighted by molar-refractivity contribution is 6.27. The van der Waals surface area contributed by atoms with Gasteiger partial charge in [-0.3, -0.25) is 4.79 Å². The fourth-order valence-electron chi connectivity index (χ4n) is 2.32. The highest BCUT2D eigenvalue weighted by atomic mass is 35.5. The van der Waals surface area contributed by atoms with E-state index in [2.05, 4.69) is 19.1 Å². The van der Waals surface area contributed by atoms with Gasteiger partial charge in [0.25, 0.3) is 0 Å². The van der Waals surface area contributed by atoms with Crippen molar-refractivity contribution in [2.75, 3.05) is 5.88 Å². The summed E-state index contributed by atoms with van der Waals surface area (Å²) in [4.78, 5) is 13.9. The predicted octanol–water partition coefficient (Wildman–Crippen LogP) is 3.37. The fraction of sp³-hybridized carbons (Fsp3) is 0.500. The van der Waals surface area contributed by atoms with Crippen LogP contribution in [0, 0.1) is 0 Å². The lowest BCUT2D eigenvalue weighted by Gasteiger charge is -2.31. The molecule has 1 fully saturated rings. The number of alkyl halides is 1. The Morgan fingerprint density at radius 3 is 2.53 bits per heavy atom. The maximum atomic E-state index is 12.0. The molecule has 1 aliphatic rings. The fourth-order valence-corrected chi connectivity index (χ4v) is 2.46. The standard InChI is InChI=1S/C14H18ClNO/c1-2-13(11-6-4-3-5-7-11)16(12-8-9-12)14(17)10-15/h3-7,12-13H,2,8-10H2,1H3/t13-/m1/s1. The molecule has 0 N–H and O–H groups in total. The number of amides is 1. The number of hydrogen-bond acceptors (Lipinski definition) is 1. The molecule has 0 bridgehead atoms. The lowest BCUT2D eigenvalue weighted by molar-refractivity contribution is -0.131. The molecule has 92 valence electrons. The highest BCUT2D eigenvalue weighted by Crippen LogP contribution is 2.36. The van der Waals surface area contributed by atoms with Crippen molar-refractivity contribution in [2.45, 2.75) is 38.3 Å². The molecule has 0 aromatic heterocycles. The topological polar surface area (TPSA) is 20.3 Å². The maximum absolute atomic E-state index is 12.0. The molecule has 17 heavy (non-hydrogen) atoms. The van der Waals surface area contributed by atoms with Gasteiger partial charge in [0.05, 0.1) is 6.04 Å². The summed E-state index contributed by atoms with van der Waals surface area (Å²) in [6.45, 7) is 2.12. The number of benzene rings is 1. The summed E-state index contributed by atoms with van der Waals surface area (Å²) in [5.41, 5.74) is 1.21. The molecule has 0 spiro atoms. The Labute approximate surface area is 108 Å². The van der Waals surface area contributed by atoms with Crippen LogP contribution in [0.15, 0.2) is 30.3 Å². The van der Waals surface area contributed by atoms with Crippen molar-refractivity contribution in [1.29, 1.82) is 0 Å². The Bertz CT molecular complexity index is 375. The molecule has 0 aliphatic heterocycles. The minimum atomic E-state index is 0.0601. The molecular formula is C14H18ClNO. The lowest BCUT2D eigenvalue weighted by Crippen LogP contribution is -2.37. The van der Waals surface area contributed by atoms with Gasteiger partial charge in [0.15, 0.2) is 0 Å². The van der Waals surface area contributed by atoms with Gasteiger partial charge in [-0.05, 0) is 24.8 Å². The third-order valence-electron chi connectivity index (χ3n) is 3.25. The molecule has 2 rings (SSSR count). The molecule has 1 atom stereocenters.